The number of phenols is 1. The van der Waals surface area contributed by atoms with E-state index in [1.165, 1.54) is 12.1 Å². The molecule has 7 nitrogen and oxygen atoms in total. The van der Waals surface area contributed by atoms with Gasteiger partial charge in [-0.1, -0.05) is 33.8 Å². The summed E-state index contributed by atoms with van der Waals surface area (Å²) in [6.07, 6.45) is 0. The number of rotatable bonds is 6. The van der Waals surface area contributed by atoms with Gasteiger partial charge in [0.2, 0.25) is 0 Å². The molecule has 0 spiro atoms. The van der Waals surface area contributed by atoms with Crippen LogP contribution < -0.4 is 5.43 Å². The number of nitrogens with one attached hydrogen (secondary N) is 1. The van der Waals surface area contributed by atoms with E-state index < -0.39 is 10.8 Å². The smallest absolute Gasteiger partial charge is 0.275 e. The Morgan fingerprint density at radius 1 is 1.11 bits per heavy atom. The molecule has 0 saturated carbocycles. The zero-order valence-corrected chi connectivity index (χ0v) is 16.7. The number of carbonyl (C=O) groups excluding carboxylic acids is 1. The number of hydrogen-bond acceptors (Lipinski definition) is 5. The molecule has 0 unspecified atom stereocenters. The molecular weight excluding hydrogens is 358 g/mol. The van der Waals surface area contributed by atoms with Gasteiger partial charge in [-0.05, 0) is 53.6 Å². The van der Waals surface area contributed by atoms with Crippen LogP contribution >= 0.6 is 0 Å². The van der Waals surface area contributed by atoms with Gasteiger partial charge in [-0.2, -0.15) is 5.10 Å². The quantitative estimate of drug-likeness (QED) is 0.428. The third kappa shape index (κ3) is 4.73. The van der Waals surface area contributed by atoms with E-state index in [-0.39, 0.29) is 28.8 Å². The molecule has 1 amide bonds. The van der Waals surface area contributed by atoms with Crippen LogP contribution in [0.4, 0.5) is 5.69 Å². The monoisotopic (exact) mass is 383 g/mol. The van der Waals surface area contributed by atoms with Gasteiger partial charge in [-0.15, -0.1) is 0 Å². The van der Waals surface area contributed by atoms with Gasteiger partial charge >= 0.3 is 0 Å². The van der Waals surface area contributed by atoms with Gasteiger partial charge in [0.05, 0.1) is 16.2 Å². The van der Waals surface area contributed by atoms with Gasteiger partial charge in [0.15, 0.2) is 0 Å². The van der Waals surface area contributed by atoms with Crippen LogP contribution in [0.1, 0.15) is 73.5 Å². The van der Waals surface area contributed by atoms with Gasteiger partial charge in [0.25, 0.3) is 11.6 Å². The number of aromatic hydroxyl groups is 1. The van der Waals surface area contributed by atoms with Crippen molar-refractivity contribution in [2.75, 3.05) is 0 Å². The number of nitro benzene ring substituents is 1. The third-order valence-electron chi connectivity index (χ3n) is 4.52. The van der Waals surface area contributed by atoms with Crippen LogP contribution in [-0.2, 0) is 0 Å². The lowest BCUT2D eigenvalue weighted by Crippen LogP contribution is -2.20. The standard InChI is InChI=1S/C21H25N3O4/c1-12(2)16-10-18(13(3)4)20(25)19(11-16)21(26)23-22-14(5)15-6-8-17(9-7-15)24(27)28/h6-13,25H,1-5H3,(H,23,26)/b22-14+. The summed E-state index contributed by atoms with van der Waals surface area (Å²) in [7, 11) is 0. The van der Waals surface area contributed by atoms with Gasteiger partial charge < -0.3 is 5.11 Å². The van der Waals surface area contributed by atoms with Crippen LogP contribution in [0.5, 0.6) is 5.75 Å². The van der Waals surface area contributed by atoms with Gasteiger partial charge in [0.1, 0.15) is 5.75 Å². The Hall–Kier alpha value is -3.22. The number of non-ortho nitro benzene ring substituents is 1. The van der Waals surface area contributed by atoms with Crippen molar-refractivity contribution in [1.82, 2.24) is 5.43 Å². The van der Waals surface area contributed by atoms with Crippen molar-refractivity contribution in [3.8, 4) is 5.75 Å². The molecule has 148 valence electrons. The molecule has 0 aliphatic heterocycles. The maximum atomic E-state index is 12.6. The molecule has 28 heavy (non-hydrogen) atoms. The van der Waals surface area contributed by atoms with E-state index in [2.05, 4.69) is 10.5 Å². The molecule has 0 aliphatic carbocycles. The van der Waals surface area contributed by atoms with Crippen LogP contribution in [-0.4, -0.2) is 21.6 Å². The summed E-state index contributed by atoms with van der Waals surface area (Å²) in [5.41, 5.74) is 5.44. The highest BCUT2D eigenvalue weighted by atomic mass is 16.6. The fourth-order valence-electron chi connectivity index (χ4n) is 2.71. The van der Waals surface area contributed by atoms with Crippen molar-refractivity contribution in [2.45, 2.75) is 46.5 Å². The first-order chi connectivity index (χ1) is 13.1. The maximum Gasteiger partial charge on any atom is 0.275 e. The number of amides is 1. The summed E-state index contributed by atoms with van der Waals surface area (Å²) in [6, 6.07) is 9.49. The Bertz CT molecular complexity index is 916. The van der Waals surface area contributed by atoms with E-state index in [1.54, 1.807) is 25.1 Å². The molecule has 0 fully saturated rings. The predicted octanol–water partition coefficient (Wildman–Crippen LogP) is 4.70. The molecule has 2 aromatic rings. The van der Waals surface area contributed by atoms with Crippen molar-refractivity contribution in [2.24, 2.45) is 5.10 Å². The van der Waals surface area contributed by atoms with Crippen molar-refractivity contribution in [3.05, 3.63) is 68.8 Å². The Balaban J connectivity index is 2.28. The highest BCUT2D eigenvalue weighted by Gasteiger charge is 2.19. The number of benzene rings is 2. The van der Waals surface area contributed by atoms with Gasteiger partial charge in [0, 0.05) is 12.1 Å². The average molecular weight is 383 g/mol. The molecule has 0 atom stereocenters. The zero-order valence-electron chi connectivity index (χ0n) is 16.7. The topological polar surface area (TPSA) is 105 Å². The van der Waals surface area contributed by atoms with Crippen LogP contribution in [0.15, 0.2) is 41.5 Å². The number of hydrogen-bond donors (Lipinski definition) is 2. The Labute approximate surface area is 164 Å². The minimum absolute atomic E-state index is 0.0165. The van der Waals surface area contributed by atoms with E-state index in [1.807, 2.05) is 33.8 Å². The number of phenolic OH excluding ortho intramolecular Hbond substituents is 1. The predicted molar refractivity (Wildman–Crippen MR) is 109 cm³/mol. The van der Waals surface area contributed by atoms with Crippen molar-refractivity contribution >= 4 is 17.3 Å². The molecule has 0 radical (unpaired) electrons. The minimum Gasteiger partial charge on any atom is -0.507 e. The molecule has 2 rings (SSSR count). The van der Waals surface area contributed by atoms with Crippen molar-refractivity contribution in [3.63, 3.8) is 0 Å². The van der Waals surface area contributed by atoms with Crippen LogP contribution in [0.25, 0.3) is 0 Å². The Morgan fingerprint density at radius 3 is 2.21 bits per heavy atom. The molecule has 0 aromatic heterocycles. The second kappa shape index (κ2) is 8.65. The number of nitrogens with zero attached hydrogens (tertiary/aromatic N) is 2. The summed E-state index contributed by atoms with van der Waals surface area (Å²) in [6.45, 7) is 9.64. The fourth-order valence-corrected chi connectivity index (χ4v) is 2.71. The minimum atomic E-state index is -0.511. The van der Waals surface area contributed by atoms with E-state index >= 15 is 0 Å². The maximum absolute atomic E-state index is 12.6. The van der Waals surface area contributed by atoms with Crippen LogP contribution in [0.2, 0.25) is 0 Å². The summed E-state index contributed by atoms with van der Waals surface area (Å²) < 4.78 is 0. The van der Waals surface area contributed by atoms with Crippen LogP contribution in [0.3, 0.4) is 0 Å². The second-order valence-corrected chi connectivity index (χ2v) is 7.26. The van der Waals surface area contributed by atoms with Gasteiger partial charge in [-0.25, -0.2) is 5.43 Å². The lowest BCUT2D eigenvalue weighted by molar-refractivity contribution is -0.384. The molecule has 2 N–H and O–H groups in total. The normalized spacial score (nSPS) is 11.8. The van der Waals surface area contributed by atoms with Gasteiger partial charge in [-0.3, -0.25) is 14.9 Å². The first-order valence-corrected chi connectivity index (χ1v) is 9.08. The number of nitro groups is 1. The highest BCUT2D eigenvalue weighted by Crippen LogP contribution is 2.33. The molecule has 0 aliphatic rings. The lowest BCUT2D eigenvalue weighted by Gasteiger charge is -2.16. The van der Waals surface area contributed by atoms with E-state index in [9.17, 15) is 20.0 Å². The molecule has 0 heterocycles. The van der Waals surface area contributed by atoms with E-state index in [4.69, 9.17) is 0 Å². The Kier molecular flexibility index (Phi) is 6.51. The first-order valence-electron chi connectivity index (χ1n) is 9.08. The number of hydrazone groups is 1. The summed E-state index contributed by atoms with van der Waals surface area (Å²) >= 11 is 0. The highest BCUT2D eigenvalue weighted by molar-refractivity contribution is 6.02. The Morgan fingerprint density at radius 2 is 1.71 bits per heavy atom. The van der Waals surface area contributed by atoms with Crippen molar-refractivity contribution < 1.29 is 14.8 Å². The van der Waals surface area contributed by atoms with E-state index in [0.717, 1.165) is 5.56 Å². The van der Waals surface area contributed by atoms with E-state index in [0.29, 0.717) is 16.8 Å². The van der Waals surface area contributed by atoms with Crippen molar-refractivity contribution in [1.29, 1.82) is 0 Å². The van der Waals surface area contributed by atoms with Crippen LogP contribution in [0, 0.1) is 10.1 Å². The average Bonchev–Trinajstić information content (AvgIpc) is 2.65. The second-order valence-electron chi connectivity index (χ2n) is 7.26. The summed E-state index contributed by atoms with van der Waals surface area (Å²) in [4.78, 5) is 22.9. The molecule has 0 saturated heterocycles. The third-order valence-corrected chi connectivity index (χ3v) is 4.52. The molecule has 7 heteroatoms. The lowest BCUT2D eigenvalue weighted by atomic mass is 9.92. The largest absolute Gasteiger partial charge is 0.507 e. The fraction of sp³-hybridized carbons (Fsp3) is 0.333. The zero-order chi connectivity index (χ0) is 21.0. The molecular formula is C21H25N3O4. The summed E-state index contributed by atoms with van der Waals surface area (Å²) in [5, 5.41) is 25.3. The number of carbonyl (C=O) groups is 1. The molecule has 2 aromatic carbocycles. The molecule has 0 bridgehead atoms. The summed E-state index contributed by atoms with van der Waals surface area (Å²) in [5.74, 6) is -0.283. The first kappa shape index (κ1) is 21.1. The SMILES string of the molecule is C/C(=N\NC(=O)c1cc(C(C)C)cc(C(C)C)c1O)c1ccc([N+](=O)[O-])cc1.